The van der Waals surface area contributed by atoms with E-state index in [4.69, 9.17) is 0 Å². The van der Waals surface area contributed by atoms with Gasteiger partial charge in [-0.1, -0.05) is 12.5 Å². The van der Waals surface area contributed by atoms with Crippen molar-refractivity contribution in [1.29, 1.82) is 0 Å². The SMILES string of the molecule is O=S(=O)(Nc1c(F)cccc1F)c1ccc(S(=O)(=O)N2CCCCC2)cc1. The molecule has 2 aromatic carbocycles. The van der Waals surface area contributed by atoms with Gasteiger partial charge in [-0.15, -0.1) is 0 Å². The average Bonchev–Trinajstić information content (AvgIpc) is 2.66. The van der Waals surface area contributed by atoms with Gasteiger partial charge in [-0.2, -0.15) is 4.31 Å². The topological polar surface area (TPSA) is 83.5 Å². The van der Waals surface area contributed by atoms with E-state index in [-0.39, 0.29) is 9.79 Å². The molecule has 0 amide bonds. The molecule has 0 saturated carbocycles. The lowest BCUT2D eigenvalue weighted by Crippen LogP contribution is -2.35. The van der Waals surface area contributed by atoms with Crippen LogP contribution in [0.15, 0.2) is 52.3 Å². The van der Waals surface area contributed by atoms with Crippen molar-refractivity contribution >= 4 is 25.7 Å². The summed E-state index contributed by atoms with van der Waals surface area (Å²) in [7, 11) is -7.98. The van der Waals surface area contributed by atoms with Crippen LogP contribution in [0.3, 0.4) is 0 Å². The summed E-state index contributed by atoms with van der Waals surface area (Å²) in [4.78, 5) is -0.330. The third kappa shape index (κ3) is 4.12. The zero-order valence-electron chi connectivity index (χ0n) is 14.2. The number of nitrogens with one attached hydrogen (secondary N) is 1. The third-order valence-electron chi connectivity index (χ3n) is 4.29. The van der Waals surface area contributed by atoms with Crippen LogP contribution >= 0.6 is 0 Å². The van der Waals surface area contributed by atoms with Crippen molar-refractivity contribution in [1.82, 2.24) is 4.31 Å². The van der Waals surface area contributed by atoms with E-state index in [9.17, 15) is 25.6 Å². The summed E-state index contributed by atoms with van der Waals surface area (Å²) in [5.41, 5.74) is -0.789. The van der Waals surface area contributed by atoms with Gasteiger partial charge in [0.2, 0.25) is 10.0 Å². The third-order valence-corrected chi connectivity index (χ3v) is 7.56. The van der Waals surface area contributed by atoms with Gasteiger partial charge in [0.05, 0.1) is 9.79 Å². The maximum Gasteiger partial charge on any atom is 0.262 e. The van der Waals surface area contributed by atoms with Crippen LogP contribution in [0, 0.1) is 11.6 Å². The highest BCUT2D eigenvalue weighted by atomic mass is 32.2. The molecule has 1 fully saturated rings. The largest absolute Gasteiger partial charge is 0.274 e. The van der Waals surface area contributed by atoms with E-state index in [0.717, 1.165) is 49.6 Å². The van der Waals surface area contributed by atoms with Crippen molar-refractivity contribution in [3.8, 4) is 0 Å². The molecular weight excluding hydrogens is 398 g/mol. The van der Waals surface area contributed by atoms with Crippen molar-refractivity contribution < 1.29 is 25.6 Å². The molecule has 0 atom stereocenters. The molecular formula is C17H18F2N2O4S2. The number of hydrogen-bond acceptors (Lipinski definition) is 4. The minimum atomic E-state index is -4.28. The number of para-hydroxylation sites is 1. The fraction of sp³-hybridized carbons (Fsp3) is 0.294. The minimum Gasteiger partial charge on any atom is -0.274 e. The van der Waals surface area contributed by atoms with E-state index in [2.05, 4.69) is 0 Å². The average molecular weight is 416 g/mol. The number of sulfonamides is 2. The number of anilines is 1. The molecule has 1 heterocycles. The fourth-order valence-electron chi connectivity index (χ4n) is 2.83. The van der Waals surface area contributed by atoms with Crippen LogP contribution < -0.4 is 4.72 Å². The molecule has 2 aromatic rings. The highest BCUT2D eigenvalue weighted by Crippen LogP contribution is 2.25. The first-order chi connectivity index (χ1) is 12.7. The zero-order valence-corrected chi connectivity index (χ0v) is 15.9. The second-order valence-electron chi connectivity index (χ2n) is 6.14. The highest BCUT2D eigenvalue weighted by Gasteiger charge is 2.26. The molecule has 0 aromatic heterocycles. The van der Waals surface area contributed by atoms with Crippen LogP contribution in [0.4, 0.5) is 14.5 Å². The molecule has 0 radical (unpaired) electrons. The first kappa shape index (κ1) is 19.7. The van der Waals surface area contributed by atoms with E-state index >= 15 is 0 Å². The highest BCUT2D eigenvalue weighted by molar-refractivity contribution is 7.92. The van der Waals surface area contributed by atoms with Gasteiger partial charge >= 0.3 is 0 Å². The Labute approximate surface area is 156 Å². The summed E-state index contributed by atoms with van der Waals surface area (Å²) >= 11 is 0. The summed E-state index contributed by atoms with van der Waals surface area (Å²) in [5.74, 6) is -2.11. The van der Waals surface area contributed by atoms with Gasteiger partial charge in [-0.05, 0) is 49.2 Å². The van der Waals surface area contributed by atoms with Crippen molar-refractivity contribution in [3.05, 3.63) is 54.1 Å². The first-order valence-electron chi connectivity index (χ1n) is 8.29. The van der Waals surface area contributed by atoms with Crippen molar-refractivity contribution in [2.45, 2.75) is 29.1 Å². The lowest BCUT2D eigenvalue weighted by Gasteiger charge is -2.25. The molecule has 1 saturated heterocycles. The summed E-state index contributed by atoms with van der Waals surface area (Å²) in [6.07, 6.45) is 2.54. The maximum absolute atomic E-state index is 13.7. The number of piperidine rings is 1. The monoisotopic (exact) mass is 416 g/mol. The van der Waals surface area contributed by atoms with E-state index in [1.807, 2.05) is 4.72 Å². The van der Waals surface area contributed by atoms with Gasteiger partial charge < -0.3 is 0 Å². The van der Waals surface area contributed by atoms with Crippen molar-refractivity contribution in [3.63, 3.8) is 0 Å². The molecule has 10 heteroatoms. The van der Waals surface area contributed by atoms with Gasteiger partial charge in [0.15, 0.2) is 0 Å². The van der Waals surface area contributed by atoms with E-state index in [0.29, 0.717) is 13.1 Å². The predicted octanol–water partition coefficient (Wildman–Crippen LogP) is 2.94. The Morgan fingerprint density at radius 1 is 0.778 bits per heavy atom. The Morgan fingerprint density at radius 3 is 1.85 bits per heavy atom. The number of halogens is 2. The minimum absolute atomic E-state index is 0.0274. The molecule has 1 aliphatic heterocycles. The van der Waals surface area contributed by atoms with E-state index in [1.165, 1.54) is 16.4 Å². The van der Waals surface area contributed by atoms with E-state index < -0.39 is 37.4 Å². The molecule has 6 nitrogen and oxygen atoms in total. The Kier molecular flexibility index (Phi) is 5.50. The summed E-state index contributed by atoms with van der Waals surface area (Å²) in [5, 5.41) is 0. The Bertz CT molecular complexity index is 1010. The molecule has 0 bridgehead atoms. The summed E-state index contributed by atoms with van der Waals surface area (Å²) < 4.78 is 80.5. The number of rotatable bonds is 5. The number of benzene rings is 2. The Balaban J connectivity index is 1.86. The Hall–Kier alpha value is -2.04. The van der Waals surface area contributed by atoms with E-state index in [1.54, 1.807) is 0 Å². The normalized spacial score (nSPS) is 16.2. The lowest BCUT2D eigenvalue weighted by atomic mass is 10.2. The molecule has 27 heavy (non-hydrogen) atoms. The summed E-state index contributed by atoms with van der Waals surface area (Å²) in [6.45, 7) is 0.854. The van der Waals surface area contributed by atoms with Gasteiger partial charge in [0.25, 0.3) is 10.0 Å². The van der Waals surface area contributed by atoms with Gasteiger partial charge in [0, 0.05) is 13.1 Å². The second-order valence-corrected chi connectivity index (χ2v) is 9.76. The molecule has 146 valence electrons. The van der Waals surface area contributed by atoms with Crippen molar-refractivity contribution in [2.75, 3.05) is 17.8 Å². The smallest absolute Gasteiger partial charge is 0.262 e. The van der Waals surface area contributed by atoms with Crippen LogP contribution in [0.1, 0.15) is 19.3 Å². The zero-order chi connectivity index (χ0) is 19.7. The first-order valence-corrected chi connectivity index (χ1v) is 11.2. The number of nitrogens with zero attached hydrogens (tertiary/aromatic N) is 1. The van der Waals surface area contributed by atoms with Crippen LogP contribution in [0.5, 0.6) is 0 Å². The van der Waals surface area contributed by atoms with Gasteiger partial charge in [-0.3, -0.25) is 4.72 Å². The fourth-order valence-corrected chi connectivity index (χ4v) is 5.43. The molecule has 0 aliphatic carbocycles. The van der Waals surface area contributed by atoms with Crippen molar-refractivity contribution in [2.24, 2.45) is 0 Å². The predicted molar refractivity (Wildman–Crippen MR) is 96.2 cm³/mol. The molecule has 0 spiro atoms. The van der Waals surface area contributed by atoms with Gasteiger partial charge in [0.1, 0.15) is 17.3 Å². The lowest BCUT2D eigenvalue weighted by molar-refractivity contribution is 0.346. The maximum atomic E-state index is 13.7. The van der Waals surface area contributed by atoms with Crippen LogP contribution in [-0.4, -0.2) is 34.2 Å². The van der Waals surface area contributed by atoms with Crippen LogP contribution in [-0.2, 0) is 20.0 Å². The number of hydrogen-bond donors (Lipinski definition) is 1. The molecule has 1 N–H and O–H groups in total. The molecule has 3 rings (SSSR count). The van der Waals surface area contributed by atoms with Crippen LogP contribution in [0.25, 0.3) is 0 Å². The summed E-state index contributed by atoms with van der Waals surface area (Å²) in [6, 6.07) is 7.51. The Morgan fingerprint density at radius 2 is 1.30 bits per heavy atom. The second kappa shape index (κ2) is 7.53. The molecule has 0 unspecified atom stereocenters. The molecule has 1 aliphatic rings. The quantitative estimate of drug-likeness (QED) is 0.812. The van der Waals surface area contributed by atoms with Gasteiger partial charge in [-0.25, -0.2) is 25.6 Å². The standard InChI is InChI=1S/C17H18F2N2O4S2/c18-15-5-4-6-16(19)17(15)20-26(22,23)13-7-9-14(10-8-13)27(24,25)21-11-2-1-3-12-21/h4-10,20H,1-3,11-12H2. The van der Waals surface area contributed by atoms with Crippen LogP contribution in [0.2, 0.25) is 0 Å².